The summed E-state index contributed by atoms with van der Waals surface area (Å²) >= 11 is 11.8. The number of halogens is 3. The lowest BCUT2D eigenvalue weighted by Gasteiger charge is -2.35. The standard InChI is InChI=1S/C17H23Cl2N3O3.ClH/c18-12-7-13(19)9-15(8-12)25-11-17(24)22-6-2-1-3-14(22)10-21-16(23)4-5-20;/h7-9,14H,1-6,10-11,20H2,(H,21,23);1H. The van der Waals surface area contributed by atoms with Gasteiger partial charge in [0.2, 0.25) is 5.91 Å². The van der Waals surface area contributed by atoms with Crippen molar-refractivity contribution in [1.82, 2.24) is 10.2 Å². The van der Waals surface area contributed by atoms with Crippen LogP contribution in [0.2, 0.25) is 10.0 Å². The van der Waals surface area contributed by atoms with E-state index in [1.165, 1.54) is 0 Å². The Hall–Kier alpha value is -1.21. The number of hydrogen-bond donors (Lipinski definition) is 2. The molecular weight excluding hydrogens is 401 g/mol. The van der Waals surface area contributed by atoms with Gasteiger partial charge in [-0.15, -0.1) is 12.4 Å². The number of piperidine rings is 1. The molecule has 1 atom stereocenters. The molecule has 2 amide bonds. The molecular formula is C17H24Cl3N3O3. The minimum atomic E-state index is -0.117. The van der Waals surface area contributed by atoms with Crippen molar-refractivity contribution in [1.29, 1.82) is 0 Å². The van der Waals surface area contributed by atoms with E-state index in [1.807, 2.05) is 0 Å². The first-order chi connectivity index (χ1) is 12.0. The number of rotatable bonds is 7. The molecule has 0 bridgehead atoms. The van der Waals surface area contributed by atoms with Crippen LogP contribution in [-0.2, 0) is 9.59 Å². The maximum absolute atomic E-state index is 12.5. The maximum atomic E-state index is 12.5. The molecule has 0 radical (unpaired) electrons. The number of carbonyl (C=O) groups is 2. The fraction of sp³-hybridized carbons (Fsp3) is 0.529. The van der Waals surface area contributed by atoms with E-state index in [2.05, 4.69) is 5.32 Å². The van der Waals surface area contributed by atoms with Gasteiger partial charge in [-0.25, -0.2) is 0 Å². The van der Waals surface area contributed by atoms with Gasteiger partial charge >= 0.3 is 0 Å². The average Bonchev–Trinajstić information content (AvgIpc) is 2.57. The van der Waals surface area contributed by atoms with Crippen molar-refractivity contribution in [3.63, 3.8) is 0 Å². The van der Waals surface area contributed by atoms with Crippen molar-refractivity contribution in [2.45, 2.75) is 31.7 Å². The number of ether oxygens (including phenoxy) is 1. The maximum Gasteiger partial charge on any atom is 0.260 e. The Morgan fingerprint density at radius 3 is 2.58 bits per heavy atom. The van der Waals surface area contributed by atoms with Crippen molar-refractivity contribution in [3.05, 3.63) is 28.2 Å². The predicted octanol–water partition coefficient (Wildman–Crippen LogP) is 2.64. The molecule has 0 spiro atoms. The SMILES string of the molecule is Cl.NCCC(=O)NCC1CCCCN1C(=O)COc1cc(Cl)cc(Cl)c1. The van der Waals surface area contributed by atoms with E-state index in [9.17, 15) is 9.59 Å². The van der Waals surface area contributed by atoms with Gasteiger partial charge in [0.1, 0.15) is 5.75 Å². The highest BCUT2D eigenvalue weighted by Crippen LogP contribution is 2.24. The molecule has 0 saturated carbocycles. The fourth-order valence-corrected chi connectivity index (χ4v) is 3.34. The summed E-state index contributed by atoms with van der Waals surface area (Å²) in [5.74, 6) is 0.245. The minimum Gasteiger partial charge on any atom is -0.484 e. The number of likely N-dealkylation sites (tertiary alicyclic amines) is 1. The Kier molecular flexibility index (Phi) is 10.1. The van der Waals surface area contributed by atoms with Gasteiger partial charge in [-0.3, -0.25) is 9.59 Å². The van der Waals surface area contributed by atoms with Gasteiger partial charge in [0.05, 0.1) is 0 Å². The largest absolute Gasteiger partial charge is 0.484 e. The van der Waals surface area contributed by atoms with Crippen LogP contribution in [0.25, 0.3) is 0 Å². The van der Waals surface area contributed by atoms with Crippen molar-refractivity contribution < 1.29 is 14.3 Å². The van der Waals surface area contributed by atoms with Gasteiger partial charge in [-0.05, 0) is 37.5 Å². The Labute approximate surface area is 169 Å². The van der Waals surface area contributed by atoms with Crippen LogP contribution in [0.15, 0.2) is 18.2 Å². The van der Waals surface area contributed by atoms with E-state index in [0.717, 1.165) is 19.3 Å². The van der Waals surface area contributed by atoms with Crippen LogP contribution >= 0.6 is 35.6 Å². The number of amides is 2. The monoisotopic (exact) mass is 423 g/mol. The predicted molar refractivity (Wildman–Crippen MR) is 105 cm³/mol. The Bertz CT molecular complexity index is 596. The van der Waals surface area contributed by atoms with Gasteiger partial charge in [-0.2, -0.15) is 0 Å². The second-order valence-corrected chi connectivity index (χ2v) is 6.85. The fourth-order valence-electron chi connectivity index (χ4n) is 2.83. The number of nitrogens with two attached hydrogens (primary N) is 1. The molecule has 6 nitrogen and oxygen atoms in total. The van der Waals surface area contributed by atoms with Crippen molar-refractivity contribution in [3.8, 4) is 5.75 Å². The van der Waals surface area contributed by atoms with E-state index in [4.69, 9.17) is 33.7 Å². The number of nitrogens with one attached hydrogen (secondary N) is 1. The normalized spacial score (nSPS) is 16.6. The van der Waals surface area contributed by atoms with Crippen LogP contribution in [0.1, 0.15) is 25.7 Å². The highest BCUT2D eigenvalue weighted by molar-refractivity contribution is 6.34. The van der Waals surface area contributed by atoms with Gasteiger partial charge in [-0.1, -0.05) is 23.2 Å². The first kappa shape index (κ1) is 22.8. The third-order valence-electron chi connectivity index (χ3n) is 4.05. The molecule has 26 heavy (non-hydrogen) atoms. The quantitative estimate of drug-likeness (QED) is 0.705. The summed E-state index contributed by atoms with van der Waals surface area (Å²) in [5.41, 5.74) is 5.37. The average molecular weight is 425 g/mol. The van der Waals surface area contributed by atoms with E-state index < -0.39 is 0 Å². The van der Waals surface area contributed by atoms with Crippen molar-refractivity contribution >= 4 is 47.4 Å². The molecule has 2 rings (SSSR count). The van der Waals surface area contributed by atoms with Crippen LogP contribution < -0.4 is 15.8 Å². The molecule has 1 unspecified atom stereocenters. The van der Waals surface area contributed by atoms with Gasteiger partial charge < -0.3 is 20.7 Å². The summed E-state index contributed by atoms with van der Waals surface area (Å²) in [6.45, 7) is 1.32. The molecule has 9 heteroatoms. The van der Waals surface area contributed by atoms with E-state index >= 15 is 0 Å². The lowest BCUT2D eigenvalue weighted by molar-refractivity contribution is -0.137. The van der Waals surface area contributed by atoms with Gasteiger partial charge in [0.15, 0.2) is 6.61 Å². The van der Waals surface area contributed by atoms with Crippen LogP contribution in [0.4, 0.5) is 0 Å². The van der Waals surface area contributed by atoms with E-state index in [-0.39, 0.29) is 36.9 Å². The Morgan fingerprint density at radius 2 is 1.92 bits per heavy atom. The zero-order valence-electron chi connectivity index (χ0n) is 14.4. The summed E-state index contributed by atoms with van der Waals surface area (Å²) in [6, 6.07) is 4.81. The lowest BCUT2D eigenvalue weighted by Crippen LogP contribution is -2.50. The molecule has 1 saturated heterocycles. The smallest absolute Gasteiger partial charge is 0.260 e. The van der Waals surface area contributed by atoms with Crippen molar-refractivity contribution in [2.24, 2.45) is 5.73 Å². The first-order valence-electron chi connectivity index (χ1n) is 8.34. The Morgan fingerprint density at radius 1 is 1.23 bits per heavy atom. The summed E-state index contributed by atoms with van der Waals surface area (Å²) < 4.78 is 5.53. The van der Waals surface area contributed by atoms with E-state index in [0.29, 0.717) is 41.8 Å². The van der Waals surface area contributed by atoms with Crippen LogP contribution in [-0.4, -0.2) is 49.0 Å². The Balaban J connectivity index is 0.00000338. The zero-order chi connectivity index (χ0) is 18.2. The number of benzene rings is 1. The molecule has 1 aromatic rings. The lowest BCUT2D eigenvalue weighted by atomic mass is 10.0. The van der Waals surface area contributed by atoms with Crippen molar-refractivity contribution in [2.75, 3.05) is 26.2 Å². The molecule has 3 N–H and O–H groups in total. The summed E-state index contributed by atoms with van der Waals surface area (Å²) in [4.78, 5) is 25.9. The molecule has 0 aliphatic carbocycles. The minimum absolute atomic E-state index is 0. The highest BCUT2D eigenvalue weighted by atomic mass is 35.5. The topological polar surface area (TPSA) is 84.7 Å². The molecule has 1 aromatic carbocycles. The summed E-state index contributed by atoms with van der Waals surface area (Å²) in [6.07, 6.45) is 3.13. The molecule has 1 fully saturated rings. The molecule has 146 valence electrons. The second-order valence-electron chi connectivity index (χ2n) is 5.97. The molecule has 0 aromatic heterocycles. The summed E-state index contributed by atoms with van der Waals surface area (Å²) in [5, 5.41) is 3.74. The molecule has 1 aliphatic rings. The van der Waals surface area contributed by atoms with Crippen LogP contribution in [0.3, 0.4) is 0 Å². The van der Waals surface area contributed by atoms with Gasteiger partial charge in [0.25, 0.3) is 5.91 Å². The zero-order valence-corrected chi connectivity index (χ0v) is 16.7. The number of carbonyl (C=O) groups excluding carboxylic acids is 2. The van der Waals surface area contributed by atoms with Gasteiger partial charge in [0, 0.05) is 42.1 Å². The highest BCUT2D eigenvalue weighted by Gasteiger charge is 2.27. The molecule has 1 heterocycles. The van der Waals surface area contributed by atoms with E-state index in [1.54, 1.807) is 23.1 Å². The van der Waals surface area contributed by atoms with Crippen LogP contribution in [0.5, 0.6) is 5.75 Å². The molecule has 1 aliphatic heterocycles. The van der Waals surface area contributed by atoms with Crippen LogP contribution in [0, 0.1) is 0 Å². The second kappa shape index (κ2) is 11.5. The number of nitrogens with zero attached hydrogens (tertiary/aromatic N) is 1. The number of hydrogen-bond acceptors (Lipinski definition) is 4. The third kappa shape index (κ3) is 7.19. The first-order valence-corrected chi connectivity index (χ1v) is 9.10. The summed E-state index contributed by atoms with van der Waals surface area (Å²) in [7, 11) is 0. The third-order valence-corrected chi connectivity index (χ3v) is 4.49.